The normalized spacial score (nSPS) is 13.0. The van der Waals surface area contributed by atoms with Crippen molar-refractivity contribution >= 4 is 24.4 Å². The van der Waals surface area contributed by atoms with E-state index < -0.39 is 36.6 Å². The second-order valence-corrected chi connectivity index (χ2v) is 6.85. The smallest absolute Gasteiger partial charge is 0.458 e. The van der Waals surface area contributed by atoms with Crippen molar-refractivity contribution in [2.24, 2.45) is 5.73 Å². The molecule has 0 aliphatic rings. The zero-order valence-electron chi connectivity index (χ0n) is 19.2. The molecule has 1 rings (SSSR count). The van der Waals surface area contributed by atoms with Crippen LogP contribution in [0.25, 0.3) is 0 Å². The average molecular weight is 471 g/mol. The molecule has 184 valence electrons. The molecule has 1 aromatic carbocycles. The van der Waals surface area contributed by atoms with Crippen LogP contribution in [0.3, 0.4) is 0 Å². The molecule has 0 amide bonds. The minimum absolute atomic E-state index is 0.00148. The predicted octanol–water partition coefficient (Wildman–Crippen LogP) is 2.73. The molecule has 0 fully saturated rings. The molecule has 0 aliphatic carbocycles. The van der Waals surface area contributed by atoms with Gasteiger partial charge in [-0.3, -0.25) is 4.79 Å². The fourth-order valence-electron chi connectivity index (χ4n) is 2.23. The van der Waals surface area contributed by atoms with Gasteiger partial charge in [0.05, 0.1) is 14.2 Å². The topological polar surface area (TPSA) is 159 Å². The summed E-state index contributed by atoms with van der Waals surface area (Å²) in [6.45, 7) is 4.90. The van der Waals surface area contributed by atoms with Crippen molar-refractivity contribution in [3.05, 3.63) is 23.8 Å². The number of nitrogens with two attached hydrogens (primary N) is 1. The highest BCUT2D eigenvalue weighted by Crippen LogP contribution is 2.29. The van der Waals surface area contributed by atoms with Gasteiger partial charge < -0.3 is 38.9 Å². The molecule has 12 heteroatoms. The quantitative estimate of drug-likeness (QED) is 0.302. The molecule has 0 aromatic heterocycles. The van der Waals surface area contributed by atoms with E-state index >= 15 is 0 Å². The van der Waals surface area contributed by atoms with Crippen LogP contribution in [0.2, 0.25) is 0 Å². The lowest BCUT2D eigenvalue weighted by Gasteiger charge is -2.18. The van der Waals surface area contributed by atoms with Gasteiger partial charge in [0.25, 0.3) is 0 Å². The van der Waals surface area contributed by atoms with E-state index in [4.69, 9.17) is 29.4 Å². The molecular formula is C21H29NO11. The largest absolute Gasteiger partial charge is 0.513 e. The van der Waals surface area contributed by atoms with E-state index in [1.165, 1.54) is 25.1 Å². The number of ether oxygens (including phenoxy) is 7. The molecule has 33 heavy (non-hydrogen) atoms. The Kier molecular flexibility index (Phi) is 11.5. The van der Waals surface area contributed by atoms with Crippen LogP contribution < -0.4 is 15.2 Å². The summed E-state index contributed by atoms with van der Waals surface area (Å²) in [6.07, 6.45) is -3.35. The van der Waals surface area contributed by atoms with Gasteiger partial charge in [-0.25, -0.2) is 14.4 Å². The number of hydrogen-bond donors (Lipinski definition) is 1. The number of carbonyl (C=O) groups excluding carboxylic acids is 4. The number of benzene rings is 1. The van der Waals surface area contributed by atoms with Crippen molar-refractivity contribution in [1.82, 2.24) is 0 Å². The molecule has 0 saturated heterocycles. The van der Waals surface area contributed by atoms with E-state index in [9.17, 15) is 19.2 Å². The van der Waals surface area contributed by atoms with Gasteiger partial charge in [-0.2, -0.15) is 0 Å². The van der Waals surface area contributed by atoms with Crippen molar-refractivity contribution in [3.63, 3.8) is 0 Å². The summed E-state index contributed by atoms with van der Waals surface area (Å²) in [6, 6.07) is 3.10. The molecular weight excluding hydrogens is 442 g/mol. The molecule has 12 nitrogen and oxygen atoms in total. The fourth-order valence-corrected chi connectivity index (χ4v) is 2.23. The van der Waals surface area contributed by atoms with Gasteiger partial charge in [-0.1, -0.05) is 13.0 Å². The Labute approximate surface area is 191 Å². The summed E-state index contributed by atoms with van der Waals surface area (Å²) in [5.74, 6) is -0.999. The van der Waals surface area contributed by atoms with Crippen LogP contribution in [0.4, 0.5) is 14.4 Å². The lowest BCUT2D eigenvalue weighted by molar-refractivity contribution is -0.152. The van der Waals surface area contributed by atoms with E-state index in [0.29, 0.717) is 12.0 Å². The summed E-state index contributed by atoms with van der Waals surface area (Å²) in [7, 11) is 2.22. The van der Waals surface area contributed by atoms with Crippen LogP contribution in [-0.2, 0) is 34.9 Å². The molecule has 0 radical (unpaired) electrons. The Morgan fingerprint density at radius 3 is 2.06 bits per heavy atom. The van der Waals surface area contributed by atoms with Crippen molar-refractivity contribution < 1.29 is 52.3 Å². The van der Waals surface area contributed by atoms with Gasteiger partial charge >= 0.3 is 24.4 Å². The molecule has 0 bridgehead atoms. The van der Waals surface area contributed by atoms with Crippen LogP contribution >= 0.6 is 0 Å². The first-order valence-corrected chi connectivity index (χ1v) is 10.0. The van der Waals surface area contributed by atoms with Crippen LogP contribution in [0.5, 0.6) is 11.5 Å². The molecule has 0 spiro atoms. The van der Waals surface area contributed by atoms with Crippen molar-refractivity contribution in [3.8, 4) is 11.5 Å². The maximum atomic E-state index is 12.3. The summed E-state index contributed by atoms with van der Waals surface area (Å²) in [5, 5.41) is 0. The highest BCUT2D eigenvalue weighted by molar-refractivity contribution is 5.76. The third-order valence-corrected chi connectivity index (χ3v) is 4.11. The summed E-state index contributed by atoms with van der Waals surface area (Å²) in [4.78, 5) is 46.7. The average Bonchev–Trinajstić information content (AvgIpc) is 2.78. The second-order valence-electron chi connectivity index (χ2n) is 6.85. The molecule has 0 saturated carbocycles. The molecule has 0 heterocycles. The van der Waals surface area contributed by atoms with Crippen LogP contribution in [0.1, 0.15) is 32.8 Å². The van der Waals surface area contributed by atoms with E-state index in [0.717, 1.165) is 14.2 Å². The Bertz CT molecular complexity index is 826. The lowest BCUT2D eigenvalue weighted by Crippen LogP contribution is -2.37. The summed E-state index contributed by atoms with van der Waals surface area (Å²) < 4.78 is 33.8. The number of methoxy groups -OCH3 is 2. The molecule has 1 aromatic rings. The molecule has 0 aliphatic heterocycles. The maximum absolute atomic E-state index is 12.3. The van der Waals surface area contributed by atoms with Gasteiger partial charge in [0.2, 0.25) is 0 Å². The minimum atomic E-state index is -1.09. The van der Waals surface area contributed by atoms with E-state index in [1.54, 1.807) is 6.92 Å². The Morgan fingerprint density at radius 1 is 0.879 bits per heavy atom. The third kappa shape index (κ3) is 10.1. The Hall–Kier alpha value is -3.54. The highest BCUT2D eigenvalue weighted by atomic mass is 16.7. The van der Waals surface area contributed by atoms with Crippen molar-refractivity contribution in [2.45, 2.75) is 51.9 Å². The van der Waals surface area contributed by atoms with Gasteiger partial charge in [0.15, 0.2) is 11.5 Å². The maximum Gasteiger partial charge on any atom is 0.513 e. The van der Waals surface area contributed by atoms with Gasteiger partial charge in [-0.15, -0.1) is 0 Å². The Balaban J connectivity index is 2.72. The standard InChI is InChI=1S/C21H29NO11/c1-6-12(2)31-21(26)29-11-13(3)30-18(23)15(22)9-14-7-8-16(32-19(24)27-4)17(10-14)33-20(25)28-5/h7-8,10,12-13,15H,6,9,11,22H2,1-5H3/t12?,13-,15-/m0/s1. The molecule has 1 unspecified atom stereocenters. The van der Waals surface area contributed by atoms with Crippen molar-refractivity contribution in [1.29, 1.82) is 0 Å². The zero-order valence-corrected chi connectivity index (χ0v) is 19.2. The highest BCUT2D eigenvalue weighted by Gasteiger charge is 2.22. The SMILES string of the molecule is CCC(C)OC(=O)OC[C@H](C)OC(=O)[C@@H](N)Cc1ccc(OC(=O)OC)c(OC(=O)OC)c1. The first-order chi connectivity index (χ1) is 15.6. The minimum Gasteiger partial charge on any atom is -0.458 e. The van der Waals surface area contributed by atoms with Crippen LogP contribution in [0, 0.1) is 0 Å². The van der Waals surface area contributed by atoms with E-state index in [2.05, 4.69) is 9.47 Å². The lowest BCUT2D eigenvalue weighted by atomic mass is 10.1. The molecule has 2 N–H and O–H groups in total. The number of esters is 1. The van der Waals surface area contributed by atoms with Gasteiger partial charge in [0.1, 0.15) is 24.9 Å². The summed E-state index contributed by atoms with van der Waals surface area (Å²) >= 11 is 0. The van der Waals surface area contributed by atoms with Gasteiger partial charge in [0, 0.05) is 0 Å². The van der Waals surface area contributed by atoms with Crippen LogP contribution in [0.15, 0.2) is 18.2 Å². The van der Waals surface area contributed by atoms with E-state index in [1.807, 2.05) is 6.92 Å². The zero-order chi connectivity index (χ0) is 25.0. The first-order valence-electron chi connectivity index (χ1n) is 10.0. The van der Waals surface area contributed by atoms with Gasteiger partial charge in [-0.05, 0) is 44.4 Å². The Morgan fingerprint density at radius 2 is 1.48 bits per heavy atom. The summed E-state index contributed by atoms with van der Waals surface area (Å²) in [5.41, 5.74) is 6.38. The van der Waals surface area contributed by atoms with Crippen LogP contribution in [-0.4, -0.2) is 63.5 Å². The number of rotatable bonds is 10. The predicted molar refractivity (Wildman–Crippen MR) is 112 cm³/mol. The second kappa shape index (κ2) is 13.8. The fraction of sp³-hybridized carbons (Fsp3) is 0.524. The third-order valence-electron chi connectivity index (χ3n) is 4.11. The van der Waals surface area contributed by atoms with Crippen molar-refractivity contribution in [2.75, 3.05) is 20.8 Å². The number of hydrogen-bond acceptors (Lipinski definition) is 12. The van der Waals surface area contributed by atoms with E-state index in [-0.39, 0.29) is 30.6 Å². The monoisotopic (exact) mass is 471 g/mol. The first kappa shape index (κ1) is 27.5. The number of carbonyl (C=O) groups is 4. The molecule has 3 atom stereocenters.